The van der Waals surface area contributed by atoms with Crippen molar-refractivity contribution >= 4 is 11.3 Å². The van der Waals surface area contributed by atoms with Crippen LogP contribution in [0.25, 0.3) is 0 Å². The molecular formula is C8H9N3S. The molecule has 2 rings (SSSR count). The van der Waals surface area contributed by atoms with Gasteiger partial charge in [0.1, 0.15) is 5.01 Å². The van der Waals surface area contributed by atoms with E-state index in [9.17, 15) is 0 Å². The van der Waals surface area contributed by atoms with Crippen molar-refractivity contribution in [2.75, 3.05) is 0 Å². The Morgan fingerprint density at radius 2 is 2.50 bits per heavy atom. The van der Waals surface area contributed by atoms with Crippen LogP contribution in [-0.2, 0) is 6.54 Å². The molecule has 0 aromatic carbocycles. The first-order valence-electron chi connectivity index (χ1n) is 3.73. The second-order valence-electron chi connectivity index (χ2n) is 2.59. The van der Waals surface area contributed by atoms with Crippen molar-refractivity contribution in [2.24, 2.45) is 0 Å². The molecular weight excluding hydrogens is 170 g/mol. The van der Waals surface area contributed by atoms with Gasteiger partial charge in [-0.3, -0.25) is 4.68 Å². The van der Waals surface area contributed by atoms with Crippen molar-refractivity contribution in [1.82, 2.24) is 14.8 Å². The number of hydrogen-bond donors (Lipinski definition) is 0. The van der Waals surface area contributed by atoms with Crippen molar-refractivity contribution < 1.29 is 0 Å². The van der Waals surface area contributed by atoms with Crippen LogP contribution < -0.4 is 0 Å². The summed E-state index contributed by atoms with van der Waals surface area (Å²) in [6.07, 6.45) is 3.72. The predicted octanol–water partition coefficient (Wildman–Crippen LogP) is 1.70. The van der Waals surface area contributed by atoms with Crippen molar-refractivity contribution in [3.05, 3.63) is 34.5 Å². The summed E-state index contributed by atoms with van der Waals surface area (Å²) in [7, 11) is 0. The largest absolute Gasteiger partial charge is 0.266 e. The normalized spacial score (nSPS) is 10.4. The zero-order chi connectivity index (χ0) is 8.39. The Kier molecular flexibility index (Phi) is 1.91. The molecule has 2 aromatic heterocycles. The summed E-state index contributed by atoms with van der Waals surface area (Å²) in [5.41, 5.74) is 1.09. The van der Waals surface area contributed by atoms with Crippen molar-refractivity contribution in [3.63, 3.8) is 0 Å². The summed E-state index contributed by atoms with van der Waals surface area (Å²) >= 11 is 1.68. The Balaban J connectivity index is 2.14. The van der Waals surface area contributed by atoms with Gasteiger partial charge in [0, 0.05) is 23.5 Å². The van der Waals surface area contributed by atoms with Crippen molar-refractivity contribution in [3.8, 4) is 0 Å². The first-order chi connectivity index (χ1) is 5.84. The topological polar surface area (TPSA) is 30.7 Å². The van der Waals surface area contributed by atoms with Gasteiger partial charge in [-0.2, -0.15) is 5.10 Å². The molecule has 0 saturated heterocycles. The second-order valence-corrected chi connectivity index (χ2v) is 3.53. The Bertz CT molecular complexity index is 350. The smallest absolute Gasteiger partial charge is 0.114 e. The van der Waals surface area contributed by atoms with E-state index in [0.717, 1.165) is 17.2 Å². The summed E-state index contributed by atoms with van der Waals surface area (Å²) in [6, 6.07) is 1.92. The molecule has 0 aliphatic heterocycles. The van der Waals surface area contributed by atoms with Crippen LogP contribution in [0, 0.1) is 6.92 Å². The molecule has 2 aromatic rings. The molecule has 3 nitrogen and oxygen atoms in total. The lowest BCUT2D eigenvalue weighted by Crippen LogP contribution is -1.98. The van der Waals surface area contributed by atoms with Crippen LogP contribution in [0.5, 0.6) is 0 Å². The highest BCUT2D eigenvalue weighted by atomic mass is 32.1. The molecule has 0 radical (unpaired) electrons. The van der Waals surface area contributed by atoms with E-state index in [1.807, 2.05) is 23.9 Å². The quantitative estimate of drug-likeness (QED) is 0.702. The van der Waals surface area contributed by atoms with Gasteiger partial charge in [-0.1, -0.05) is 0 Å². The number of rotatable bonds is 2. The maximum atomic E-state index is 4.34. The maximum absolute atomic E-state index is 4.34. The predicted molar refractivity (Wildman–Crippen MR) is 48.2 cm³/mol. The summed E-state index contributed by atoms with van der Waals surface area (Å²) in [5, 5.41) is 7.27. The fourth-order valence-corrected chi connectivity index (χ4v) is 1.77. The molecule has 0 atom stereocenters. The zero-order valence-corrected chi connectivity index (χ0v) is 7.58. The molecule has 12 heavy (non-hydrogen) atoms. The van der Waals surface area contributed by atoms with Gasteiger partial charge in [0.25, 0.3) is 0 Å². The van der Waals surface area contributed by atoms with Crippen LogP contribution in [0.15, 0.2) is 23.8 Å². The Labute approximate surface area is 74.7 Å². The van der Waals surface area contributed by atoms with E-state index in [1.165, 1.54) is 0 Å². The highest BCUT2D eigenvalue weighted by Crippen LogP contribution is 2.09. The molecule has 0 N–H and O–H groups in total. The fourth-order valence-electron chi connectivity index (χ4n) is 1.01. The van der Waals surface area contributed by atoms with Gasteiger partial charge < -0.3 is 0 Å². The first kappa shape index (κ1) is 7.49. The number of aryl methyl sites for hydroxylation is 1. The van der Waals surface area contributed by atoms with Crippen LogP contribution in [0.4, 0.5) is 0 Å². The third-order valence-electron chi connectivity index (χ3n) is 1.52. The van der Waals surface area contributed by atoms with Crippen LogP contribution in [-0.4, -0.2) is 14.8 Å². The Hall–Kier alpha value is -1.16. The molecule has 0 aliphatic rings. The van der Waals surface area contributed by atoms with Crippen LogP contribution in [0.1, 0.15) is 10.7 Å². The minimum atomic E-state index is 0.783. The number of nitrogens with zero attached hydrogens (tertiary/aromatic N) is 3. The monoisotopic (exact) mass is 179 g/mol. The highest BCUT2D eigenvalue weighted by Gasteiger charge is 1.98. The van der Waals surface area contributed by atoms with Gasteiger partial charge >= 0.3 is 0 Å². The summed E-state index contributed by atoms with van der Waals surface area (Å²) < 4.78 is 1.87. The van der Waals surface area contributed by atoms with Crippen molar-refractivity contribution in [1.29, 1.82) is 0 Å². The number of thiazole rings is 1. The van der Waals surface area contributed by atoms with E-state index in [1.54, 1.807) is 17.5 Å². The number of aromatic nitrogens is 3. The Morgan fingerprint density at radius 1 is 1.58 bits per heavy atom. The standard InChI is InChI=1S/C8H9N3S/c1-7-6-12-8(10-7)5-11-4-2-3-9-11/h2-4,6H,5H2,1H3. The molecule has 0 saturated carbocycles. The molecule has 0 bridgehead atoms. The van der Waals surface area contributed by atoms with E-state index in [4.69, 9.17) is 0 Å². The van der Waals surface area contributed by atoms with Crippen LogP contribution in [0.3, 0.4) is 0 Å². The molecule has 0 aliphatic carbocycles. The van der Waals surface area contributed by atoms with Gasteiger partial charge in [-0.15, -0.1) is 11.3 Å². The van der Waals surface area contributed by atoms with Gasteiger partial charge in [-0.05, 0) is 13.0 Å². The van der Waals surface area contributed by atoms with E-state index in [0.29, 0.717) is 0 Å². The minimum absolute atomic E-state index is 0.783. The second kappa shape index (κ2) is 3.06. The summed E-state index contributed by atoms with van der Waals surface area (Å²) in [6.45, 7) is 2.79. The molecule has 4 heteroatoms. The van der Waals surface area contributed by atoms with E-state index in [2.05, 4.69) is 15.5 Å². The molecule has 0 fully saturated rings. The van der Waals surface area contributed by atoms with E-state index < -0.39 is 0 Å². The lowest BCUT2D eigenvalue weighted by molar-refractivity contribution is 0.682. The maximum Gasteiger partial charge on any atom is 0.114 e. The van der Waals surface area contributed by atoms with Gasteiger partial charge in [0.15, 0.2) is 0 Å². The molecule has 2 heterocycles. The zero-order valence-electron chi connectivity index (χ0n) is 6.77. The van der Waals surface area contributed by atoms with Crippen LogP contribution in [0.2, 0.25) is 0 Å². The summed E-state index contributed by atoms with van der Waals surface area (Å²) in [4.78, 5) is 4.34. The van der Waals surface area contributed by atoms with Crippen LogP contribution >= 0.6 is 11.3 Å². The summed E-state index contributed by atoms with van der Waals surface area (Å²) in [5.74, 6) is 0. The fraction of sp³-hybridized carbons (Fsp3) is 0.250. The average Bonchev–Trinajstić information content (AvgIpc) is 2.63. The average molecular weight is 179 g/mol. The third kappa shape index (κ3) is 1.53. The molecule has 0 spiro atoms. The molecule has 0 unspecified atom stereocenters. The number of hydrogen-bond acceptors (Lipinski definition) is 3. The van der Waals surface area contributed by atoms with Gasteiger partial charge in [0.2, 0.25) is 0 Å². The molecule has 0 amide bonds. The lowest BCUT2D eigenvalue weighted by atomic mass is 10.6. The van der Waals surface area contributed by atoms with Crippen molar-refractivity contribution in [2.45, 2.75) is 13.5 Å². The van der Waals surface area contributed by atoms with E-state index in [-0.39, 0.29) is 0 Å². The lowest BCUT2D eigenvalue weighted by Gasteiger charge is -1.94. The van der Waals surface area contributed by atoms with Gasteiger partial charge in [0.05, 0.1) is 6.54 Å². The first-order valence-corrected chi connectivity index (χ1v) is 4.61. The highest BCUT2D eigenvalue weighted by molar-refractivity contribution is 7.09. The third-order valence-corrected chi connectivity index (χ3v) is 2.47. The SMILES string of the molecule is Cc1csc(Cn2cccn2)n1. The Morgan fingerprint density at radius 3 is 3.08 bits per heavy atom. The van der Waals surface area contributed by atoms with Gasteiger partial charge in [-0.25, -0.2) is 4.98 Å². The minimum Gasteiger partial charge on any atom is -0.266 e. The molecule has 62 valence electrons. The van der Waals surface area contributed by atoms with E-state index >= 15 is 0 Å².